The van der Waals surface area contributed by atoms with E-state index in [1.807, 2.05) is 0 Å². The van der Waals surface area contributed by atoms with Gasteiger partial charge in [0.2, 0.25) is 12.6 Å². The van der Waals surface area contributed by atoms with E-state index in [4.69, 9.17) is 15.3 Å². The van der Waals surface area contributed by atoms with Crippen LogP contribution in [0.15, 0.2) is 0 Å². The van der Waals surface area contributed by atoms with E-state index >= 15 is 0 Å². The quantitative estimate of drug-likeness (QED) is 0.419. The van der Waals surface area contributed by atoms with Gasteiger partial charge in [0.1, 0.15) is 0 Å². The smallest absolute Gasteiger partial charge is 0.364 e. The van der Waals surface area contributed by atoms with Crippen LogP contribution in [0.5, 0.6) is 0 Å². The molecule has 0 aliphatic heterocycles. The SMILES string of the molecule is COS(=O)(=O)OC(O)C(O)O. The summed E-state index contributed by atoms with van der Waals surface area (Å²) in [6.07, 6.45) is -4.53. The van der Waals surface area contributed by atoms with Crippen molar-refractivity contribution in [3.63, 3.8) is 0 Å². The van der Waals surface area contributed by atoms with E-state index in [9.17, 15) is 8.42 Å². The molecule has 0 saturated carbocycles. The summed E-state index contributed by atoms with van der Waals surface area (Å²) in [6, 6.07) is 0. The first-order valence-electron chi connectivity index (χ1n) is 2.42. The van der Waals surface area contributed by atoms with Crippen LogP contribution in [0.4, 0.5) is 0 Å². The van der Waals surface area contributed by atoms with Gasteiger partial charge < -0.3 is 15.3 Å². The Hall–Kier alpha value is -0.250. The summed E-state index contributed by atoms with van der Waals surface area (Å²) in [5.74, 6) is 0. The first-order chi connectivity index (χ1) is 4.89. The Morgan fingerprint density at radius 1 is 1.27 bits per heavy atom. The molecule has 3 N–H and O–H groups in total. The minimum atomic E-state index is -4.33. The lowest BCUT2D eigenvalue weighted by molar-refractivity contribution is -0.195. The van der Waals surface area contributed by atoms with Crippen LogP contribution in [0, 0.1) is 0 Å². The van der Waals surface area contributed by atoms with Gasteiger partial charge in [0.05, 0.1) is 7.11 Å². The fraction of sp³-hybridized carbons (Fsp3) is 1.00. The summed E-state index contributed by atoms with van der Waals surface area (Å²) >= 11 is 0. The standard InChI is InChI=1S/C3H8O7S/c1-9-11(7,8)10-3(6)2(4)5/h2-6H,1H3. The van der Waals surface area contributed by atoms with Crippen LogP contribution in [-0.2, 0) is 18.8 Å². The molecule has 0 radical (unpaired) electrons. The van der Waals surface area contributed by atoms with Crippen LogP contribution in [-0.4, -0.2) is 43.4 Å². The van der Waals surface area contributed by atoms with E-state index in [1.165, 1.54) is 0 Å². The van der Waals surface area contributed by atoms with Gasteiger partial charge in [-0.3, -0.25) is 4.18 Å². The number of aliphatic hydroxyl groups is 3. The van der Waals surface area contributed by atoms with Gasteiger partial charge >= 0.3 is 10.4 Å². The number of hydrogen-bond acceptors (Lipinski definition) is 7. The maximum absolute atomic E-state index is 10.3. The van der Waals surface area contributed by atoms with Crippen LogP contribution >= 0.6 is 0 Å². The van der Waals surface area contributed by atoms with Gasteiger partial charge in [-0.2, -0.15) is 8.42 Å². The summed E-state index contributed by atoms with van der Waals surface area (Å²) in [4.78, 5) is 0. The van der Waals surface area contributed by atoms with Gasteiger partial charge in [-0.05, 0) is 0 Å². The number of rotatable bonds is 4. The lowest BCUT2D eigenvalue weighted by atomic mass is 10.6. The van der Waals surface area contributed by atoms with Crippen molar-refractivity contribution >= 4 is 10.4 Å². The van der Waals surface area contributed by atoms with Crippen LogP contribution in [0.2, 0.25) is 0 Å². The van der Waals surface area contributed by atoms with Crippen molar-refractivity contribution in [2.45, 2.75) is 12.6 Å². The molecule has 11 heavy (non-hydrogen) atoms. The van der Waals surface area contributed by atoms with E-state index in [-0.39, 0.29) is 0 Å². The third kappa shape index (κ3) is 4.24. The topological polar surface area (TPSA) is 113 Å². The van der Waals surface area contributed by atoms with E-state index in [2.05, 4.69) is 8.37 Å². The van der Waals surface area contributed by atoms with Crippen molar-refractivity contribution in [1.29, 1.82) is 0 Å². The van der Waals surface area contributed by atoms with Gasteiger partial charge in [-0.25, -0.2) is 4.18 Å². The molecule has 0 rings (SSSR count). The van der Waals surface area contributed by atoms with Crippen LogP contribution < -0.4 is 0 Å². The molecule has 7 nitrogen and oxygen atoms in total. The highest BCUT2D eigenvalue weighted by Gasteiger charge is 2.21. The summed E-state index contributed by atoms with van der Waals surface area (Å²) in [6.45, 7) is 0. The van der Waals surface area contributed by atoms with Gasteiger partial charge in [0.15, 0.2) is 0 Å². The first-order valence-corrected chi connectivity index (χ1v) is 3.75. The normalized spacial score (nSPS) is 15.4. The fourth-order valence-electron chi connectivity index (χ4n) is 0.210. The molecule has 1 atom stereocenters. The molecule has 8 heteroatoms. The van der Waals surface area contributed by atoms with E-state index in [1.54, 1.807) is 0 Å². The summed E-state index contributed by atoms with van der Waals surface area (Å²) < 4.78 is 28.0. The molecule has 0 aromatic rings. The summed E-state index contributed by atoms with van der Waals surface area (Å²) in [7, 11) is -3.54. The zero-order chi connectivity index (χ0) is 9.07. The Morgan fingerprint density at radius 3 is 2.00 bits per heavy atom. The van der Waals surface area contributed by atoms with Crippen molar-refractivity contribution < 1.29 is 32.1 Å². The first kappa shape index (κ1) is 10.8. The molecule has 0 aliphatic rings. The molecule has 0 fully saturated rings. The second-order valence-electron chi connectivity index (χ2n) is 1.48. The molecule has 0 spiro atoms. The van der Waals surface area contributed by atoms with Crippen molar-refractivity contribution in [2.24, 2.45) is 0 Å². The Labute approximate surface area is 63.1 Å². The minimum Gasteiger partial charge on any atom is -0.364 e. The lowest BCUT2D eigenvalue weighted by Gasteiger charge is -2.11. The molecule has 0 aromatic heterocycles. The van der Waals surface area contributed by atoms with Gasteiger partial charge in [0.25, 0.3) is 0 Å². The zero-order valence-corrected chi connectivity index (χ0v) is 6.35. The van der Waals surface area contributed by atoms with Gasteiger partial charge in [-0.1, -0.05) is 0 Å². The van der Waals surface area contributed by atoms with E-state index in [0.717, 1.165) is 7.11 Å². The molecule has 1 unspecified atom stereocenters. The molecule has 0 aromatic carbocycles. The Morgan fingerprint density at radius 2 is 1.73 bits per heavy atom. The second-order valence-corrected chi connectivity index (χ2v) is 2.82. The minimum absolute atomic E-state index is 0.797. The fourth-order valence-corrected chi connectivity index (χ4v) is 0.629. The highest BCUT2D eigenvalue weighted by atomic mass is 32.3. The number of hydrogen-bond donors (Lipinski definition) is 3. The Balaban J connectivity index is 4.05. The Bertz CT molecular complexity index is 194. The highest BCUT2D eigenvalue weighted by molar-refractivity contribution is 7.81. The van der Waals surface area contributed by atoms with Crippen LogP contribution in [0.3, 0.4) is 0 Å². The van der Waals surface area contributed by atoms with Crippen molar-refractivity contribution in [3.05, 3.63) is 0 Å². The molecule has 68 valence electrons. The van der Waals surface area contributed by atoms with Crippen molar-refractivity contribution in [3.8, 4) is 0 Å². The van der Waals surface area contributed by atoms with E-state index < -0.39 is 23.0 Å². The molecule has 0 heterocycles. The van der Waals surface area contributed by atoms with Crippen molar-refractivity contribution in [2.75, 3.05) is 7.11 Å². The summed E-state index contributed by atoms with van der Waals surface area (Å²) in [5, 5.41) is 24.7. The van der Waals surface area contributed by atoms with Crippen molar-refractivity contribution in [1.82, 2.24) is 0 Å². The largest absolute Gasteiger partial charge is 0.402 e. The number of aliphatic hydroxyl groups excluding tert-OH is 2. The van der Waals surface area contributed by atoms with Crippen LogP contribution in [0.1, 0.15) is 0 Å². The molecule has 0 bridgehead atoms. The molecule has 0 amide bonds. The predicted octanol–water partition coefficient (Wildman–Crippen LogP) is -2.48. The molecular formula is C3H8O7S. The third-order valence-corrected chi connectivity index (χ3v) is 1.52. The van der Waals surface area contributed by atoms with Gasteiger partial charge in [-0.15, -0.1) is 0 Å². The highest BCUT2D eigenvalue weighted by Crippen LogP contribution is 2.00. The summed E-state index contributed by atoms with van der Waals surface area (Å²) in [5.41, 5.74) is 0. The van der Waals surface area contributed by atoms with Gasteiger partial charge in [0, 0.05) is 0 Å². The van der Waals surface area contributed by atoms with E-state index in [0.29, 0.717) is 0 Å². The Kier molecular flexibility index (Phi) is 3.86. The maximum Gasteiger partial charge on any atom is 0.402 e. The maximum atomic E-state index is 10.3. The lowest BCUT2D eigenvalue weighted by Crippen LogP contribution is -2.30. The molecule has 0 aliphatic carbocycles. The third-order valence-electron chi connectivity index (χ3n) is 0.676. The zero-order valence-electron chi connectivity index (χ0n) is 5.54. The average molecular weight is 188 g/mol. The second kappa shape index (κ2) is 3.95. The molecular weight excluding hydrogens is 180 g/mol. The average Bonchev–Trinajstić information content (AvgIpc) is 1.87. The molecule has 0 saturated heterocycles. The predicted molar refractivity (Wildman–Crippen MR) is 31.2 cm³/mol. The van der Waals surface area contributed by atoms with Crippen LogP contribution in [0.25, 0.3) is 0 Å². The monoisotopic (exact) mass is 188 g/mol.